The molecule has 0 spiro atoms. The Kier molecular flexibility index (Phi) is 1.78. The molecule has 3 heteroatoms. The molecule has 3 rings (SSSR count). The minimum atomic E-state index is -0.147. The van der Waals surface area contributed by atoms with Gasteiger partial charge in [-0.3, -0.25) is 4.79 Å². The number of carbonyl (C=O) groups is 1. The van der Waals surface area contributed by atoms with E-state index < -0.39 is 0 Å². The van der Waals surface area contributed by atoms with Crippen molar-refractivity contribution in [3.05, 3.63) is 0 Å². The third-order valence-corrected chi connectivity index (χ3v) is 2.73. The number of carbonyl (C=O) groups excluding carboxylic acids is 1. The first-order valence-electron chi connectivity index (χ1n) is 4.32. The molecule has 3 nitrogen and oxygen atoms in total. The fourth-order valence-electron chi connectivity index (χ4n) is 2.04. The van der Waals surface area contributed by atoms with Crippen molar-refractivity contribution in [2.75, 3.05) is 13.1 Å². The first kappa shape index (κ1) is 7.63. The standard InChI is InChI=1S/C9H12N2O/c1-2-9(12)11-6-7-3-4-8(11)5-10-7/h1,7-8,10H,3-6H2. The number of fused-ring (bicyclic) bond motifs is 3. The van der Waals surface area contributed by atoms with E-state index >= 15 is 0 Å². The summed E-state index contributed by atoms with van der Waals surface area (Å²) in [6.45, 7) is 1.71. The highest BCUT2D eigenvalue weighted by atomic mass is 16.2. The fourth-order valence-corrected chi connectivity index (χ4v) is 2.04. The van der Waals surface area contributed by atoms with Crippen LogP contribution >= 0.6 is 0 Å². The lowest BCUT2D eigenvalue weighted by molar-refractivity contribution is -0.130. The first-order valence-corrected chi connectivity index (χ1v) is 4.32. The molecule has 3 aliphatic rings. The molecule has 0 aromatic rings. The van der Waals surface area contributed by atoms with Gasteiger partial charge in [-0.15, -0.1) is 6.42 Å². The first-order chi connectivity index (χ1) is 5.81. The molecule has 3 saturated heterocycles. The van der Waals surface area contributed by atoms with Crippen molar-refractivity contribution >= 4 is 5.91 Å². The molecule has 3 fully saturated rings. The number of piperidine rings is 2. The van der Waals surface area contributed by atoms with E-state index in [4.69, 9.17) is 6.42 Å². The second-order valence-corrected chi connectivity index (χ2v) is 3.44. The molecule has 0 saturated carbocycles. The van der Waals surface area contributed by atoms with Gasteiger partial charge in [0.05, 0.1) is 0 Å². The summed E-state index contributed by atoms with van der Waals surface area (Å²) in [5.41, 5.74) is 0. The Morgan fingerprint density at radius 3 is 2.83 bits per heavy atom. The van der Waals surface area contributed by atoms with Gasteiger partial charge in [0.1, 0.15) is 0 Å². The van der Waals surface area contributed by atoms with Gasteiger partial charge in [0.25, 0.3) is 5.91 Å². The Bertz CT molecular complexity index is 235. The molecular formula is C9H12N2O. The molecule has 0 aromatic heterocycles. The number of hydrogen-bond donors (Lipinski definition) is 1. The summed E-state index contributed by atoms with van der Waals surface area (Å²) in [6.07, 6.45) is 7.35. The summed E-state index contributed by atoms with van der Waals surface area (Å²) >= 11 is 0. The van der Waals surface area contributed by atoms with Crippen LogP contribution in [0, 0.1) is 12.3 Å². The highest BCUT2D eigenvalue weighted by Crippen LogP contribution is 2.21. The third-order valence-electron chi connectivity index (χ3n) is 2.73. The number of piperazine rings is 1. The molecule has 3 aliphatic heterocycles. The van der Waals surface area contributed by atoms with E-state index in [-0.39, 0.29) is 5.91 Å². The van der Waals surface area contributed by atoms with Crippen molar-refractivity contribution in [1.82, 2.24) is 10.2 Å². The average Bonchev–Trinajstić information content (AvgIpc) is 2.18. The summed E-state index contributed by atoms with van der Waals surface area (Å²) in [5, 5.41) is 3.36. The lowest BCUT2D eigenvalue weighted by atomic mass is 9.93. The zero-order valence-corrected chi connectivity index (χ0v) is 6.92. The van der Waals surface area contributed by atoms with Crippen molar-refractivity contribution < 1.29 is 4.79 Å². The van der Waals surface area contributed by atoms with E-state index in [9.17, 15) is 4.79 Å². The van der Waals surface area contributed by atoms with Gasteiger partial charge in [0.15, 0.2) is 0 Å². The zero-order valence-electron chi connectivity index (χ0n) is 6.92. The maximum atomic E-state index is 11.2. The van der Waals surface area contributed by atoms with Gasteiger partial charge < -0.3 is 10.2 Å². The van der Waals surface area contributed by atoms with E-state index in [0.717, 1.165) is 19.5 Å². The van der Waals surface area contributed by atoms with E-state index in [1.165, 1.54) is 6.42 Å². The Hall–Kier alpha value is -1.01. The molecule has 64 valence electrons. The van der Waals surface area contributed by atoms with Crippen LogP contribution in [0.5, 0.6) is 0 Å². The molecule has 0 aliphatic carbocycles. The summed E-state index contributed by atoms with van der Waals surface area (Å²) in [4.78, 5) is 13.0. The molecular weight excluding hydrogens is 152 g/mol. The SMILES string of the molecule is C#CC(=O)N1CC2CCC1CN2. The van der Waals surface area contributed by atoms with Crippen LogP contribution in [0.15, 0.2) is 0 Å². The molecule has 2 unspecified atom stereocenters. The number of amides is 1. The molecule has 2 atom stereocenters. The van der Waals surface area contributed by atoms with Crippen molar-refractivity contribution in [3.63, 3.8) is 0 Å². The summed E-state index contributed by atoms with van der Waals surface area (Å²) in [6, 6.07) is 0.825. The molecule has 0 radical (unpaired) electrons. The summed E-state index contributed by atoms with van der Waals surface area (Å²) < 4.78 is 0. The average molecular weight is 164 g/mol. The maximum absolute atomic E-state index is 11.2. The van der Waals surface area contributed by atoms with Crippen LogP contribution in [-0.2, 0) is 4.79 Å². The van der Waals surface area contributed by atoms with Crippen LogP contribution in [-0.4, -0.2) is 36.0 Å². The van der Waals surface area contributed by atoms with E-state index in [2.05, 4.69) is 11.2 Å². The Labute approximate surface area is 72.1 Å². The van der Waals surface area contributed by atoms with Gasteiger partial charge >= 0.3 is 0 Å². The zero-order chi connectivity index (χ0) is 8.55. The second kappa shape index (κ2) is 2.80. The van der Waals surface area contributed by atoms with Crippen LogP contribution in [0.4, 0.5) is 0 Å². The minimum absolute atomic E-state index is 0.147. The van der Waals surface area contributed by atoms with Crippen molar-refractivity contribution in [2.24, 2.45) is 0 Å². The fraction of sp³-hybridized carbons (Fsp3) is 0.667. The number of terminal acetylenes is 1. The number of rotatable bonds is 0. The Balaban J connectivity index is 2.10. The second-order valence-electron chi connectivity index (χ2n) is 3.44. The Morgan fingerprint density at radius 2 is 2.42 bits per heavy atom. The molecule has 12 heavy (non-hydrogen) atoms. The van der Waals surface area contributed by atoms with Crippen LogP contribution in [0.2, 0.25) is 0 Å². The van der Waals surface area contributed by atoms with E-state index in [0.29, 0.717) is 12.1 Å². The predicted molar refractivity (Wildman–Crippen MR) is 45.4 cm³/mol. The van der Waals surface area contributed by atoms with Crippen molar-refractivity contribution in [1.29, 1.82) is 0 Å². The van der Waals surface area contributed by atoms with Crippen LogP contribution in [0.25, 0.3) is 0 Å². The number of nitrogens with one attached hydrogen (secondary N) is 1. The molecule has 2 bridgehead atoms. The number of hydrogen-bond acceptors (Lipinski definition) is 2. The van der Waals surface area contributed by atoms with Crippen molar-refractivity contribution in [3.8, 4) is 12.3 Å². The highest BCUT2D eigenvalue weighted by Gasteiger charge is 2.35. The number of nitrogens with zero attached hydrogens (tertiary/aromatic N) is 1. The smallest absolute Gasteiger partial charge is 0.298 e. The van der Waals surface area contributed by atoms with Gasteiger partial charge in [-0.2, -0.15) is 0 Å². The van der Waals surface area contributed by atoms with Gasteiger partial charge in [-0.05, 0) is 18.8 Å². The Morgan fingerprint density at radius 1 is 1.58 bits per heavy atom. The minimum Gasteiger partial charge on any atom is -0.326 e. The quantitative estimate of drug-likeness (QED) is 0.493. The van der Waals surface area contributed by atoms with Gasteiger partial charge in [-0.1, -0.05) is 0 Å². The largest absolute Gasteiger partial charge is 0.326 e. The normalized spacial score (nSPS) is 33.1. The molecule has 3 heterocycles. The molecule has 0 aromatic carbocycles. The van der Waals surface area contributed by atoms with Gasteiger partial charge in [-0.25, -0.2) is 0 Å². The van der Waals surface area contributed by atoms with Gasteiger partial charge in [0.2, 0.25) is 0 Å². The summed E-state index contributed by atoms with van der Waals surface area (Å²) in [7, 11) is 0. The van der Waals surface area contributed by atoms with Crippen LogP contribution in [0.3, 0.4) is 0 Å². The van der Waals surface area contributed by atoms with Crippen LogP contribution < -0.4 is 5.32 Å². The van der Waals surface area contributed by atoms with E-state index in [1.807, 2.05) is 4.90 Å². The topological polar surface area (TPSA) is 32.3 Å². The van der Waals surface area contributed by atoms with Gasteiger partial charge in [0, 0.05) is 25.2 Å². The highest BCUT2D eigenvalue weighted by molar-refractivity contribution is 5.93. The third kappa shape index (κ3) is 1.09. The summed E-state index contributed by atoms with van der Waals surface area (Å²) in [5.74, 6) is 2.03. The van der Waals surface area contributed by atoms with E-state index in [1.54, 1.807) is 0 Å². The lowest BCUT2D eigenvalue weighted by Crippen LogP contribution is -2.62. The molecule has 1 amide bonds. The maximum Gasteiger partial charge on any atom is 0.298 e. The predicted octanol–water partition coefficient (Wildman–Crippen LogP) is -0.418. The monoisotopic (exact) mass is 164 g/mol. The lowest BCUT2D eigenvalue weighted by Gasteiger charge is -2.45. The van der Waals surface area contributed by atoms with Crippen molar-refractivity contribution in [2.45, 2.75) is 24.9 Å². The molecule has 1 N–H and O–H groups in total. The van der Waals surface area contributed by atoms with Crippen LogP contribution in [0.1, 0.15) is 12.8 Å².